The van der Waals surface area contributed by atoms with Crippen molar-refractivity contribution in [3.05, 3.63) is 46.8 Å². The number of amides is 2. The predicted octanol–water partition coefficient (Wildman–Crippen LogP) is 3.47. The number of anilines is 2. The number of halogens is 1. The molecule has 3 aromatic rings. The summed E-state index contributed by atoms with van der Waals surface area (Å²) in [6.07, 6.45) is 4.65. The molecule has 1 aliphatic rings. The SMILES string of the molecule is CC(C)(C)c1ccc(NC(=O)NCCCN(CCO)CC2(O)CCN(c3ncnc4[nH]cc(Br)c34)C2)cc1. The van der Waals surface area contributed by atoms with Gasteiger partial charge in [-0.1, -0.05) is 32.9 Å². The number of nitrogens with one attached hydrogen (secondary N) is 3. The topological polar surface area (TPSA) is 130 Å². The summed E-state index contributed by atoms with van der Waals surface area (Å²) in [6, 6.07) is 7.63. The lowest BCUT2D eigenvalue weighted by atomic mass is 9.87. The number of hydrogen-bond acceptors (Lipinski definition) is 7. The molecule has 1 unspecified atom stereocenters. The van der Waals surface area contributed by atoms with Crippen LogP contribution in [0.25, 0.3) is 11.0 Å². The van der Waals surface area contributed by atoms with E-state index in [4.69, 9.17) is 0 Å². The molecule has 2 aromatic heterocycles. The molecule has 1 aromatic carbocycles. The maximum absolute atomic E-state index is 12.3. The van der Waals surface area contributed by atoms with Crippen LogP contribution in [-0.2, 0) is 5.41 Å². The second kappa shape index (κ2) is 12.0. The number of carbonyl (C=O) groups excluding carboxylic acids is 1. The summed E-state index contributed by atoms with van der Waals surface area (Å²) in [7, 11) is 0. The maximum atomic E-state index is 12.3. The molecule has 0 spiro atoms. The Kier molecular flexibility index (Phi) is 8.92. The molecule has 1 saturated heterocycles. The predicted molar refractivity (Wildman–Crippen MR) is 154 cm³/mol. The van der Waals surface area contributed by atoms with Gasteiger partial charge in [-0.15, -0.1) is 0 Å². The number of aliphatic hydroxyl groups is 2. The fourth-order valence-corrected chi connectivity index (χ4v) is 5.36. The van der Waals surface area contributed by atoms with Crippen LogP contribution in [0.2, 0.25) is 0 Å². The number of rotatable bonds is 10. The third-order valence-electron chi connectivity index (χ3n) is 6.91. The summed E-state index contributed by atoms with van der Waals surface area (Å²) in [5, 5.41) is 27.6. The minimum absolute atomic E-state index is 0.00109. The number of carbonyl (C=O) groups is 1. The molecule has 10 nitrogen and oxygen atoms in total. The molecule has 2 amide bonds. The van der Waals surface area contributed by atoms with Gasteiger partial charge < -0.3 is 30.7 Å². The third-order valence-corrected chi connectivity index (χ3v) is 7.54. The number of urea groups is 1. The lowest BCUT2D eigenvalue weighted by Crippen LogP contribution is -2.47. The fourth-order valence-electron chi connectivity index (χ4n) is 4.88. The Bertz CT molecular complexity index is 1230. The molecule has 0 saturated carbocycles. The number of fused-ring (bicyclic) bond motifs is 1. The van der Waals surface area contributed by atoms with Crippen LogP contribution in [0.3, 0.4) is 0 Å². The van der Waals surface area contributed by atoms with Crippen LogP contribution in [-0.4, -0.2) is 87.6 Å². The smallest absolute Gasteiger partial charge is 0.319 e. The van der Waals surface area contributed by atoms with Crippen molar-refractivity contribution >= 4 is 44.5 Å². The molecule has 0 aliphatic carbocycles. The first-order chi connectivity index (χ1) is 18.1. The van der Waals surface area contributed by atoms with E-state index in [1.165, 1.54) is 11.9 Å². The van der Waals surface area contributed by atoms with Crippen LogP contribution in [0.4, 0.5) is 16.3 Å². The number of aliphatic hydroxyl groups excluding tert-OH is 1. The first-order valence-corrected chi connectivity index (χ1v) is 13.8. The quantitative estimate of drug-likeness (QED) is 0.230. The minimum atomic E-state index is -0.931. The van der Waals surface area contributed by atoms with Crippen LogP contribution < -0.4 is 15.5 Å². The van der Waals surface area contributed by atoms with Gasteiger partial charge in [-0.2, -0.15) is 0 Å². The highest BCUT2D eigenvalue weighted by atomic mass is 79.9. The van der Waals surface area contributed by atoms with Gasteiger partial charge in [-0.25, -0.2) is 14.8 Å². The van der Waals surface area contributed by atoms with E-state index in [1.807, 2.05) is 30.5 Å². The Morgan fingerprint density at radius 3 is 2.71 bits per heavy atom. The highest BCUT2D eigenvalue weighted by molar-refractivity contribution is 9.10. The zero-order valence-electron chi connectivity index (χ0n) is 22.3. The molecule has 0 radical (unpaired) electrons. The monoisotopic (exact) mass is 587 g/mol. The minimum Gasteiger partial charge on any atom is -0.395 e. The summed E-state index contributed by atoms with van der Waals surface area (Å²) in [5.74, 6) is 0.788. The van der Waals surface area contributed by atoms with Gasteiger partial charge >= 0.3 is 6.03 Å². The highest BCUT2D eigenvalue weighted by Crippen LogP contribution is 2.34. The molecule has 1 atom stereocenters. The van der Waals surface area contributed by atoms with Crippen molar-refractivity contribution in [1.29, 1.82) is 0 Å². The van der Waals surface area contributed by atoms with E-state index in [0.29, 0.717) is 52.1 Å². The molecular weight excluding hydrogens is 550 g/mol. The molecule has 1 fully saturated rings. The zero-order valence-corrected chi connectivity index (χ0v) is 23.9. The van der Waals surface area contributed by atoms with Crippen molar-refractivity contribution in [3.8, 4) is 0 Å². The molecule has 4 rings (SSSR count). The second-order valence-corrected chi connectivity index (χ2v) is 11.9. The standard InChI is InChI=1S/C27H38BrN7O3/c1-26(2,3)19-5-7-20(8-6-19)33-25(37)29-10-4-11-34(13-14-36)16-27(38)9-12-35(17-27)24-22-21(28)15-30-23(22)31-18-32-24/h5-8,15,18,36,38H,4,9-14,16-17H2,1-3H3,(H2,29,33,37)(H,30,31,32). The normalized spacial score (nSPS) is 17.9. The number of aromatic nitrogens is 3. The Morgan fingerprint density at radius 1 is 1.24 bits per heavy atom. The highest BCUT2D eigenvalue weighted by Gasteiger charge is 2.38. The third kappa shape index (κ3) is 7.02. The average Bonchev–Trinajstić information content (AvgIpc) is 3.44. The van der Waals surface area contributed by atoms with Gasteiger partial charge in [0.25, 0.3) is 0 Å². The lowest BCUT2D eigenvalue weighted by molar-refractivity contribution is 0.0176. The Labute approximate surface area is 232 Å². The van der Waals surface area contributed by atoms with Gasteiger partial charge in [0.1, 0.15) is 17.8 Å². The van der Waals surface area contributed by atoms with Crippen molar-refractivity contribution in [2.24, 2.45) is 0 Å². The van der Waals surface area contributed by atoms with Crippen molar-refractivity contribution in [2.75, 3.05) is 56.1 Å². The van der Waals surface area contributed by atoms with Gasteiger partial charge in [-0.05, 0) is 51.9 Å². The van der Waals surface area contributed by atoms with Crippen molar-refractivity contribution in [1.82, 2.24) is 25.2 Å². The molecule has 5 N–H and O–H groups in total. The number of benzene rings is 1. The average molecular weight is 589 g/mol. The van der Waals surface area contributed by atoms with Crippen LogP contribution in [0.5, 0.6) is 0 Å². The van der Waals surface area contributed by atoms with E-state index in [-0.39, 0.29) is 18.1 Å². The Balaban J connectivity index is 1.25. The zero-order chi connectivity index (χ0) is 27.3. The molecular formula is C27H38BrN7O3. The van der Waals surface area contributed by atoms with E-state index < -0.39 is 5.60 Å². The van der Waals surface area contributed by atoms with Crippen LogP contribution in [0, 0.1) is 0 Å². The van der Waals surface area contributed by atoms with E-state index in [9.17, 15) is 15.0 Å². The van der Waals surface area contributed by atoms with Crippen LogP contribution >= 0.6 is 15.9 Å². The summed E-state index contributed by atoms with van der Waals surface area (Å²) < 4.78 is 0.888. The van der Waals surface area contributed by atoms with E-state index >= 15 is 0 Å². The van der Waals surface area contributed by atoms with Crippen molar-refractivity contribution in [2.45, 2.75) is 44.6 Å². The van der Waals surface area contributed by atoms with E-state index in [2.05, 4.69) is 72.1 Å². The molecule has 3 heterocycles. The maximum Gasteiger partial charge on any atom is 0.319 e. The number of hydrogen-bond donors (Lipinski definition) is 5. The molecule has 206 valence electrons. The molecule has 38 heavy (non-hydrogen) atoms. The number of aromatic amines is 1. The van der Waals surface area contributed by atoms with Gasteiger partial charge in [0, 0.05) is 55.6 Å². The van der Waals surface area contributed by atoms with Gasteiger partial charge in [0.2, 0.25) is 0 Å². The number of nitrogens with zero attached hydrogens (tertiary/aromatic N) is 4. The number of H-pyrrole nitrogens is 1. The van der Waals surface area contributed by atoms with Crippen molar-refractivity contribution < 1.29 is 15.0 Å². The van der Waals surface area contributed by atoms with Gasteiger partial charge in [0.05, 0.1) is 17.6 Å². The summed E-state index contributed by atoms with van der Waals surface area (Å²) in [6.45, 7) is 9.59. The molecule has 11 heteroatoms. The first-order valence-electron chi connectivity index (χ1n) is 13.0. The Morgan fingerprint density at radius 2 is 2.00 bits per heavy atom. The molecule has 0 bridgehead atoms. The number of β-amino-alcohol motifs (C(OH)–C–C–N with tert-alkyl or cyclic N) is 1. The molecule has 1 aliphatic heterocycles. The lowest BCUT2D eigenvalue weighted by Gasteiger charge is -2.31. The van der Waals surface area contributed by atoms with E-state index in [1.54, 1.807) is 0 Å². The Hall–Kier alpha value is -2.73. The van der Waals surface area contributed by atoms with Crippen molar-refractivity contribution in [3.63, 3.8) is 0 Å². The summed E-state index contributed by atoms with van der Waals surface area (Å²) in [5.41, 5.74) is 1.84. The van der Waals surface area contributed by atoms with Crippen LogP contribution in [0.1, 0.15) is 39.2 Å². The van der Waals surface area contributed by atoms with Gasteiger partial charge in [-0.3, -0.25) is 4.90 Å². The second-order valence-electron chi connectivity index (χ2n) is 11.0. The largest absolute Gasteiger partial charge is 0.395 e. The first kappa shape index (κ1) is 28.3. The van der Waals surface area contributed by atoms with Gasteiger partial charge in [0.15, 0.2) is 0 Å². The van der Waals surface area contributed by atoms with Crippen LogP contribution in [0.15, 0.2) is 41.3 Å². The van der Waals surface area contributed by atoms with E-state index in [0.717, 1.165) is 27.0 Å². The summed E-state index contributed by atoms with van der Waals surface area (Å²) in [4.78, 5) is 28.3. The summed E-state index contributed by atoms with van der Waals surface area (Å²) >= 11 is 3.56. The fraction of sp³-hybridized carbons (Fsp3) is 0.519.